The van der Waals surface area contributed by atoms with E-state index < -0.39 is 5.41 Å². The van der Waals surface area contributed by atoms with Crippen LogP contribution >= 0.6 is 11.6 Å². The lowest BCUT2D eigenvalue weighted by atomic mass is 9.96. The Morgan fingerprint density at radius 2 is 1.96 bits per heavy atom. The van der Waals surface area contributed by atoms with Gasteiger partial charge in [-0.1, -0.05) is 38.8 Å². The van der Waals surface area contributed by atoms with Crippen molar-refractivity contribution in [2.75, 3.05) is 11.9 Å². The fraction of sp³-hybridized carbons (Fsp3) is 0.500. The Balaban J connectivity index is 1.75. The second-order valence-electron chi connectivity index (χ2n) is 8.08. The first-order valence-corrected chi connectivity index (χ1v) is 9.93. The molecule has 0 saturated carbocycles. The number of halogens is 1. The molecule has 2 amide bonds. The van der Waals surface area contributed by atoms with Crippen molar-refractivity contribution in [3.05, 3.63) is 29.0 Å². The number of hydrogen-bond donors (Lipinski definition) is 2. The zero-order valence-electron chi connectivity index (χ0n) is 16.5. The van der Waals surface area contributed by atoms with Crippen molar-refractivity contribution in [2.24, 2.45) is 5.41 Å². The molecular weight excluding hydrogens is 378 g/mol. The largest absolute Gasteiger partial charge is 0.347 e. The lowest BCUT2D eigenvalue weighted by Gasteiger charge is -2.17. The predicted octanol–water partition coefficient (Wildman–Crippen LogP) is 3.43. The number of rotatable bonds is 4. The van der Waals surface area contributed by atoms with Gasteiger partial charge in [0.2, 0.25) is 11.8 Å². The number of aromatic nitrogens is 3. The summed E-state index contributed by atoms with van der Waals surface area (Å²) in [6, 6.07) is 5.27. The van der Waals surface area contributed by atoms with Crippen LogP contribution in [0.4, 0.5) is 5.69 Å². The predicted molar refractivity (Wildman–Crippen MR) is 109 cm³/mol. The molecule has 1 aliphatic rings. The Bertz CT molecular complexity index is 885. The van der Waals surface area contributed by atoms with E-state index in [9.17, 15) is 9.59 Å². The Kier molecular flexibility index (Phi) is 6.03. The van der Waals surface area contributed by atoms with E-state index in [2.05, 4.69) is 25.4 Å². The van der Waals surface area contributed by atoms with Crippen LogP contribution in [0.1, 0.15) is 45.9 Å². The number of carbonyl (C=O) groups excluding carboxylic acids is 2. The molecule has 1 aromatic heterocycles. The molecule has 1 aromatic carbocycles. The standard InChI is InChI=1S/C20H26ClN5O2/c1-20(2,3)19(28)22-12-17(27)23-13-8-9-15(21)14(11-13)18-25-24-16-7-5-4-6-10-26(16)18/h8-9,11H,4-7,10,12H2,1-3H3,(H,22,28)(H,23,27). The molecule has 0 spiro atoms. The van der Waals surface area contributed by atoms with Crippen molar-refractivity contribution in [3.63, 3.8) is 0 Å². The van der Waals surface area contributed by atoms with Gasteiger partial charge in [-0.15, -0.1) is 10.2 Å². The van der Waals surface area contributed by atoms with Crippen LogP contribution in [0, 0.1) is 5.41 Å². The monoisotopic (exact) mass is 403 g/mol. The van der Waals surface area contributed by atoms with Gasteiger partial charge in [0.25, 0.3) is 0 Å². The second kappa shape index (κ2) is 8.31. The van der Waals surface area contributed by atoms with Gasteiger partial charge in [-0.3, -0.25) is 9.59 Å². The quantitative estimate of drug-likeness (QED) is 0.818. The molecule has 0 fully saturated rings. The van der Waals surface area contributed by atoms with Crippen LogP contribution in [0.2, 0.25) is 5.02 Å². The summed E-state index contributed by atoms with van der Waals surface area (Å²) in [4.78, 5) is 24.1. The minimum Gasteiger partial charge on any atom is -0.347 e. The fourth-order valence-electron chi connectivity index (χ4n) is 3.09. The third-order valence-corrected chi connectivity index (χ3v) is 5.02. The molecule has 0 atom stereocenters. The van der Waals surface area contributed by atoms with Crippen molar-refractivity contribution in [2.45, 2.75) is 53.0 Å². The zero-order valence-corrected chi connectivity index (χ0v) is 17.3. The number of fused-ring (bicyclic) bond motifs is 1. The third-order valence-electron chi connectivity index (χ3n) is 4.69. The number of anilines is 1. The summed E-state index contributed by atoms with van der Waals surface area (Å²) < 4.78 is 2.11. The van der Waals surface area contributed by atoms with Crippen molar-refractivity contribution < 1.29 is 9.59 Å². The molecule has 7 nitrogen and oxygen atoms in total. The second-order valence-corrected chi connectivity index (χ2v) is 8.48. The number of nitrogens with one attached hydrogen (secondary N) is 2. The molecule has 2 heterocycles. The number of hydrogen-bond acceptors (Lipinski definition) is 4. The first kappa shape index (κ1) is 20.3. The molecule has 28 heavy (non-hydrogen) atoms. The first-order chi connectivity index (χ1) is 13.3. The Labute approximate surface area is 169 Å². The van der Waals surface area contributed by atoms with Gasteiger partial charge in [-0.2, -0.15) is 0 Å². The SMILES string of the molecule is CC(C)(C)C(=O)NCC(=O)Nc1ccc(Cl)c(-c2nnc3n2CCCCC3)c1. The maximum absolute atomic E-state index is 12.2. The van der Waals surface area contributed by atoms with Gasteiger partial charge in [-0.25, -0.2) is 0 Å². The van der Waals surface area contributed by atoms with Crippen LogP contribution in [0.25, 0.3) is 11.4 Å². The molecule has 2 aromatic rings. The van der Waals surface area contributed by atoms with Gasteiger partial charge in [0.1, 0.15) is 5.82 Å². The number of benzene rings is 1. The van der Waals surface area contributed by atoms with Crippen molar-refractivity contribution in [1.29, 1.82) is 0 Å². The molecule has 0 saturated heterocycles. The topological polar surface area (TPSA) is 88.9 Å². The Morgan fingerprint density at radius 3 is 2.71 bits per heavy atom. The number of aryl methyl sites for hydroxylation is 1. The van der Waals surface area contributed by atoms with E-state index >= 15 is 0 Å². The minimum absolute atomic E-state index is 0.0889. The summed E-state index contributed by atoms with van der Waals surface area (Å²) in [5, 5.41) is 14.6. The van der Waals surface area contributed by atoms with E-state index in [1.807, 2.05) is 0 Å². The fourth-order valence-corrected chi connectivity index (χ4v) is 3.29. The molecule has 0 unspecified atom stereocenters. The zero-order chi connectivity index (χ0) is 20.3. The Morgan fingerprint density at radius 1 is 1.18 bits per heavy atom. The highest BCUT2D eigenvalue weighted by molar-refractivity contribution is 6.33. The molecule has 1 aliphatic heterocycles. The van der Waals surface area contributed by atoms with Gasteiger partial charge in [0.05, 0.1) is 11.6 Å². The van der Waals surface area contributed by atoms with Crippen molar-refractivity contribution in [1.82, 2.24) is 20.1 Å². The molecular formula is C20H26ClN5O2. The highest BCUT2D eigenvalue weighted by Crippen LogP contribution is 2.31. The number of nitrogens with zero attached hydrogens (tertiary/aromatic N) is 3. The maximum atomic E-state index is 12.2. The van der Waals surface area contributed by atoms with Gasteiger partial charge in [0, 0.05) is 29.6 Å². The van der Waals surface area contributed by atoms with Crippen LogP contribution in [0.3, 0.4) is 0 Å². The minimum atomic E-state index is -0.542. The van der Waals surface area contributed by atoms with Crippen LogP contribution in [0.15, 0.2) is 18.2 Å². The Hall–Kier alpha value is -2.41. The lowest BCUT2D eigenvalue weighted by molar-refractivity contribution is -0.130. The van der Waals surface area contributed by atoms with Gasteiger partial charge in [-0.05, 0) is 31.0 Å². The van der Waals surface area contributed by atoms with E-state index in [-0.39, 0.29) is 18.4 Å². The van der Waals surface area contributed by atoms with Gasteiger partial charge < -0.3 is 15.2 Å². The van der Waals surface area contributed by atoms with Crippen LogP contribution in [0.5, 0.6) is 0 Å². The molecule has 3 rings (SSSR count). The molecule has 0 aliphatic carbocycles. The van der Waals surface area contributed by atoms with E-state index in [4.69, 9.17) is 11.6 Å². The average Bonchev–Trinajstić information content (AvgIpc) is 2.88. The summed E-state index contributed by atoms with van der Waals surface area (Å²) in [5.41, 5.74) is 0.790. The first-order valence-electron chi connectivity index (χ1n) is 9.56. The average molecular weight is 404 g/mol. The smallest absolute Gasteiger partial charge is 0.243 e. The van der Waals surface area contributed by atoms with E-state index in [1.54, 1.807) is 39.0 Å². The lowest BCUT2D eigenvalue weighted by Crippen LogP contribution is -2.39. The molecule has 0 radical (unpaired) electrons. The summed E-state index contributed by atoms with van der Waals surface area (Å²) in [6.45, 7) is 6.17. The van der Waals surface area contributed by atoms with Crippen LogP contribution in [-0.2, 0) is 22.6 Å². The van der Waals surface area contributed by atoms with Crippen LogP contribution in [-0.4, -0.2) is 33.1 Å². The van der Waals surface area contributed by atoms with Crippen molar-refractivity contribution in [3.8, 4) is 11.4 Å². The maximum Gasteiger partial charge on any atom is 0.243 e. The van der Waals surface area contributed by atoms with Crippen molar-refractivity contribution >= 4 is 29.1 Å². The third kappa shape index (κ3) is 4.70. The molecule has 0 bridgehead atoms. The summed E-state index contributed by atoms with van der Waals surface area (Å²) in [5.74, 6) is 1.22. The van der Waals surface area contributed by atoms with Gasteiger partial charge in [0.15, 0.2) is 5.82 Å². The van der Waals surface area contributed by atoms with E-state index in [0.717, 1.165) is 43.0 Å². The number of carbonyl (C=O) groups is 2. The summed E-state index contributed by atoms with van der Waals surface area (Å²) >= 11 is 6.41. The van der Waals surface area contributed by atoms with E-state index in [0.29, 0.717) is 10.7 Å². The normalized spacial score (nSPS) is 14.1. The highest BCUT2D eigenvalue weighted by Gasteiger charge is 2.22. The molecule has 2 N–H and O–H groups in total. The summed E-state index contributed by atoms with van der Waals surface area (Å²) in [7, 11) is 0. The van der Waals surface area contributed by atoms with Gasteiger partial charge >= 0.3 is 0 Å². The van der Waals surface area contributed by atoms with Crippen LogP contribution < -0.4 is 10.6 Å². The number of amides is 2. The molecule has 8 heteroatoms. The van der Waals surface area contributed by atoms with E-state index in [1.165, 1.54) is 6.42 Å². The summed E-state index contributed by atoms with van der Waals surface area (Å²) in [6.07, 6.45) is 4.28. The molecule has 150 valence electrons. The highest BCUT2D eigenvalue weighted by atomic mass is 35.5.